The van der Waals surface area contributed by atoms with Crippen molar-refractivity contribution in [3.8, 4) is 0 Å². The predicted molar refractivity (Wildman–Crippen MR) is 74.4 cm³/mol. The second-order valence-corrected chi connectivity index (χ2v) is 6.40. The third-order valence-corrected chi connectivity index (χ3v) is 4.12. The Morgan fingerprint density at radius 1 is 1.56 bits per heavy atom. The highest BCUT2D eigenvalue weighted by atomic mass is 79.9. The molecule has 0 amide bonds. The summed E-state index contributed by atoms with van der Waals surface area (Å²) in [5, 5.41) is -0.169. The Morgan fingerprint density at radius 2 is 2.28 bits per heavy atom. The van der Waals surface area contributed by atoms with E-state index in [2.05, 4.69) is 25.5 Å². The molecule has 1 aliphatic rings. The van der Waals surface area contributed by atoms with Crippen LogP contribution in [0.1, 0.15) is 31.0 Å². The van der Waals surface area contributed by atoms with Gasteiger partial charge in [0, 0.05) is 12.6 Å². The molecule has 0 radical (unpaired) electrons. The number of fused-ring (bicyclic) bond motifs is 1. The largest absolute Gasteiger partial charge is 0.326 e. The van der Waals surface area contributed by atoms with Crippen LogP contribution in [0.25, 0.3) is 11.0 Å². The second-order valence-electron chi connectivity index (χ2n) is 4.90. The molecule has 1 heterocycles. The first-order valence-electron chi connectivity index (χ1n) is 6.05. The fraction of sp³-hybridized carbons (Fsp3) is 0.462. The number of imidazole rings is 1. The maximum Gasteiger partial charge on any atom is 0.139 e. The molecule has 0 aliphatic heterocycles. The van der Waals surface area contributed by atoms with Crippen molar-refractivity contribution in [3.63, 3.8) is 0 Å². The molecule has 5 heteroatoms. The van der Waals surface area contributed by atoms with Crippen LogP contribution in [-0.4, -0.2) is 9.55 Å². The van der Waals surface area contributed by atoms with Crippen LogP contribution < -0.4 is 0 Å². The molecule has 96 valence electrons. The molecule has 0 bridgehead atoms. The van der Waals surface area contributed by atoms with Crippen LogP contribution in [0.2, 0.25) is 0 Å². The maximum atomic E-state index is 13.5. The number of rotatable bonds is 3. The summed E-state index contributed by atoms with van der Waals surface area (Å²) in [6.45, 7) is 2.83. The van der Waals surface area contributed by atoms with Gasteiger partial charge in [-0.3, -0.25) is 0 Å². The van der Waals surface area contributed by atoms with E-state index in [1.165, 1.54) is 18.9 Å². The van der Waals surface area contributed by atoms with Crippen LogP contribution in [0.3, 0.4) is 0 Å². The summed E-state index contributed by atoms with van der Waals surface area (Å²) in [6.07, 6.45) is 2.52. The third-order valence-electron chi connectivity index (χ3n) is 3.31. The van der Waals surface area contributed by atoms with Crippen molar-refractivity contribution in [2.24, 2.45) is 5.92 Å². The van der Waals surface area contributed by atoms with E-state index in [0.717, 1.165) is 23.8 Å². The van der Waals surface area contributed by atoms with E-state index in [4.69, 9.17) is 11.6 Å². The minimum absolute atomic E-state index is 0.169. The predicted octanol–water partition coefficient (Wildman–Crippen LogP) is 4.65. The Bertz CT molecular complexity index is 605. The van der Waals surface area contributed by atoms with Gasteiger partial charge in [0.2, 0.25) is 0 Å². The lowest BCUT2D eigenvalue weighted by Gasteiger charge is -2.09. The Kier molecular flexibility index (Phi) is 3.10. The molecule has 1 aliphatic carbocycles. The number of hydrogen-bond donors (Lipinski definition) is 0. The normalized spacial score (nSPS) is 17.3. The van der Waals surface area contributed by atoms with Gasteiger partial charge >= 0.3 is 0 Å². The maximum absolute atomic E-state index is 13.5. The van der Waals surface area contributed by atoms with Gasteiger partial charge in [0.25, 0.3) is 0 Å². The van der Waals surface area contributed by atoms with Gasteiger partial charge < -0.3 is 4.57 Å². The standard InChI is InChI=1S/C13H13BrClFN2/c1-7(15)13-17-11-5-10(16)9(14)4-12(11)18(13)6-8-2-3-8/h4-5,7-8H,2-3,6H2,1H3. The lowest BCUT2D eigenvalue weighted by atomic mass is 10.3. The molecule has 1 aromatic carbocycles. The summed E-state index contributed by atoms with van der Waals surface area (Å²) in [5.41, 5.74) is 1.64. The van der Waals surface area contributed by atoms with Gasteiger partial charge in [-0.1, -0.05) is 0 Å². The Balaban J connectivity index is 2.19. The number of nitrogens with zero attached hydrogens (tertiary/aromatic N) is 2. The average Bonchev–Trinajstić information content (AvgIpc) is 3.05. The van der Waals surface area contributed by atoms with Crippen LogP contribution in [0.4, 0.5) is 4.39 Å². The highest BCUT2D eigenvalue weighted by Crippen LogP contribution is 2.35. The lowest BCUT2D eigenvalue weighted by Crippen LogP contribution is -2.05. The monoisotopic (exact) mass is 330 g/mol. The van der Waals surface area contributed by atoms with Gasteiger partial charge in [-0.25, -0.2) is 9.37 Å². The van der Waals surface area contributed by atoms with Crippen molar-refractivity contribution >= 4 is 38.6 Å². The molecule has 18 heavy (non-hydrogen) atoms. The first-order valence-corrected chi connectivity index (χ1v) is 7.28. The molecule has 1 fully saturated rings. The summed E-state index contributed by atoms with van der Waals surface area (Å²) >= 11 is 9.40. The second kappa shape index (κ2) is 4.49. The third kappa shape index (κ3) is 2.16. The Labute approximate surface area is 118 Å². The zero-order valence-corrected chi connectivity index (χ0v) is 12.3. The molecule has 3 rings (SSSR count). The molecule has 0 spiro atoms. The van der Waals surface area contributed by atoms with E-state index in [1.54, 1.807) is 6.07 Å². The number of halogens is 3. The van der Waals surface area contributed by atoms with Gasteiger partial charge in [-0.15, -0.1) is 11.6 Å². The quantitative estimate of drug-likeness (QED) is 0.749. The van der Waals surface area contributed by atoms with Crippen LogP contribution in [0, 0.1) is 11.7 Å². The number of benzene rings is 1. The van der Waals surface area contributed by atoms with Gasteiger partial charge in [0.15, 0.2) is 0 Å². The molecule has 1 saturated carbocycles. The molecule has 0 N–H and O–H groups in total. The minimum Gasteiger partial charge on any atom is -0.326 e. The van der Waals surface area contributed by atoms with Gasteiger partial charge in [0.05, 0.1) is 20.9 Å². The van der Waals surface area contributed by atoms with E-state index in [-0.39, 0.29) is 11.2 Å². The van der Waals surface area contributed by atoms with Crippen molar-refractivity contribution in [2.75, 3.05) is 0 Å². The zero-order valence-electron chi connectivity index (χ0n) is 9.96. The summed E-state index contributed by atoms with van der Waals surface area (Å²) in [6, 6.07) is 3.26. The number of alkyl halides is 1. The topological polar surface area (TPSA) is 17.8 Å². The van der Waals surface area contributed by atoms with E-state index in [0.29, 0.717) is 9.99 Å². The van der Waals surface area contributed by atoms with Crippen LogP contribution in [0.5, 0.6) is 0 Å². The molecule has 1 unspecified atom stereocenters. The molecular weight excluding hydrogens is 319 g/mol. The van der Waals surface area contributed by atoms with E-state index < -0.39 is 0 Å². The van der Waals surface area contributed by atoms with Gasteiger partial charge in [-0.2, -0.15) is 0 Å². The molecule has 2 aromatic rings. The summed E-state index contributed by atoms with van der Waals surface area (Å²) < 4.78 is 16.1. The summed E-state index contributed by atoms with van der Waals surface area (Å²) in [4.78, 5) is 4.47. The fourth-order valence-electron chi connectivity index (χ4n) is 2.19. The van der Waals surface area contributed by atoms with Crippen LogP contribution >= 0.6 is 27.5 Å². The van der Waals surface area contributed by atoms with E-state index in [9.17, 15) is 4.39 Å². The average molecular weight is 332 g/mol. The van der Waals surface area contributed by atoms with Crippen molar-refractivity contribution in [3.05, 3.63) is 28.2 Å². The lowest BCUT2D eigenvalue weighted by molar-refractivity contribution is 0.609. The Morgan fingerprint density at radius 3 is 2.89 bits per heavy atom. The smallest absolute Gasteiger partial charge is 0.139 e. The van der Waals surface area contributed by atoms with Gasteiger partial charge in [-0.05, 0) is 47.7 Å². The number of aromatic nitrogens is 2. The van der Waals surface area contributed by atoms with Gasteiger partial charge in [0.1, 0.15) is 11.6 Å². The van der Waals surface area contributed by atoms with Crippen molar-refractivity contribution in [1.29, 1.82) is 0 Å². The molecule has 1 atom stereocenters. The minimum atomic E-state index is -0.285. The molecule has 0 saturated heterocycles. The highest BCUT2D eigenvalue weighted by molar-refractivity contribution is 9.10. The highest BCUT2D eigenvalue weighted by Gasteiger charge is 2.25. The molecule has 1 aromatic heterocycles. The van der Waals surface area contributed by atoms with Crippen LogP contribution in [-0.2, 0) is 6.54 Å². The molecular formula is C13H13BrClFN2. The number of hydrogen-bond acceptors (Lipinski definition) is 1. The van der Waals surface area contributed by atoms with Crippen molar-refractivity contribution in [1.82, 2.24) is 9.55 Å². The van der Waals surface area contributed by atoms with E-state index >= 15 is 0 Å². The van der Waals surface area contributed by atoms with Crippen molar-refractivity contribution in [2.45, 2.75) is 31.7 Å². The zero-order chi connectivity index (χ0) is 12.9. The first-order chi connectivity index (χ1) is 8.56. The summed E-state index contributed by atoms with van der Waals surface area (Å²) in [7, 11) is 0. The SMILES string of the molecule is CC(Cl)c1nc2cc(F)c(Br)cc2n1CC1CC1. The summed E-state index contributed by atoms with van der Waals surface area (Å²) in [5.74, 6) is 1.27. The van der Waals surface area contributed by atoms with Crippen LogP contribution in [0.15, 0.2) is 16.6 Å². The van der Waals surface area contributed by atoms with E-state index in [1.807, 2.05) is 6.92 Å². The first kappa shape index (κ1) is 12.4. The molecule has 2 nitrogen and oxygen atoms in total. The van der Waals surface area contributed by atoms with Crippen molar-refractivity contribution < 1.29 is 4.39 Å². The fourth-order valence-corrected chi connectivity index (χ4v) is 2.69. The Hall–Kier alpha value is -0.610.